The summed E-state index contributed by atoms with van der Waals surface area (Å²) in [7, 11) is 0. The lowest BCUT2D eigenvalue weighted by molar-refractivity contribution is 0.512. The van der Waals surface area contributed by atoms with Crippen molar-refractivity contribution in [2.75, 3.05) is 5.32 Å². The fourth-order valence-corrected chi connectivity index (χ4v) is 2.06. The Bertz CT molecular complexity index is 647. The number of nitrogens with two attached hydrogens (primary N) is 1. The lowest BCUT2D eigenvalue weighted by Crippen LogP contribution is -2.10. The van der Waals surface area contributed by atoms with E-state index in [0.717, 1.165) is 6.07 Å². The van der Waals surface area contributed by atoms with E-state index in [1.165, 1.54) is 12.1 Å². The van der Waals surface area contributed by atoms with Crippen molar-refractivity contribution in [2.24, 2.45) is 5.73 Å². The Hall–Kier alpha value is -1.72. The van der Waals surface area contributed by atoms with Crippen LogP contribution < -0.4 is 11.1 Å². The Kier molecular flexibility index (Phi) is 3.97. The van der Waals surface area contributed by atoms with Gasteiger partial charge < -0.3 is 11.1 Å². The summed E-state index contributed by atoms with van der Waals surface area (Å²) < 4.78 is 26.5. The zero-order valence-electron chi connectivity index (χ0n) is 9.58. The zero-order chi connectivity index (χ0) is 14.0. The third-order valence-corrected chi connectivity index (χ3v) is 3.00. The van der Waals surface area contributed by atoms with Gasteiger partial charge in [0.05, 0.1) is 10.7 Å². The molecule has 0 aliphatic carbocycles. The van der Waals surface area contributed by atoms with E-state index in [0.29, 0.717) is 16.3 Å². The summed E-state index contributed by atoms with van der Waals surface area (Å²) in [5.74, 6) is -1.87. The van der Waals surface area contributed by atoms with Gasteiger partial charge in [-0.1, -0.05) is 29.9 Å². The predicted molar refractivity (Wildman–Crippen MR) is 77.0 cm³/mol. The molecule has 0 aliphatic rings. The van der Waals surface area contributed by atoms with Gasteiger partial charge in [0.15, 0.2) is 11.6 Å². The average Bonchev–Trinajstić information content (AvgIpc) is 2.34. The van der Waals surface area contributed by atoms with Crippen molar-refractivity contribution in [1.82, 2.24) is 0 Å². The highest BCUT2D eigenvalue weighted by atomic mass is 35.5. The first-order chi connectivity index (χ1) is 8.99. The molecule has 0 aromatic heterocycles. The Morgan fingerprint density at radius 2 is 1.95 bits per heavy atom. The molecule has 19 heavy (non-hydrogen) atoms. The Morgan fingerprint density at radius 1 is 1.21 bits per heavy atom. The van der Waals surface area contributed by atoms with Crippen molar-refractivity contribution in [3.63, 3.8) is 0 Å². The SMILES string of the molecule is NC(=S)c1ccc(Nc2cccc(F)c2F)cc1Cl. The first kappa shape index (κ1) is 13.7. The minimum atomic E-state index is -0.947. The van der Waals surface area contributed by atoms with Crippen LogP contribution >= 0.6 is 23.8 Å². The highest BCUT2D eigenvalue weighted by Gasteiger charge is 2.09. The second kappa shape index (κ2) is 5.50. The molecule has 3 N–H and O–H groups in total. The maximum Gasteiger partial charge on any atom is 0.182 e. The molecule has 2 aromatic rings. The summed E-state index contributed by atoms with van der Waals surface area (Å²) in [5.41, 5.74) is 6.54. The van der Waals surface area contributed by atoms with Gasteiger partial charge in [-0.25, -0.2) is 8.78 Å². The summed E-state index contributed by atoms with van der Waals surface area (Å²) in [6, 6.07) is 8.66. The maximum absolute atomic E-state index is 13.5. The van der Waals surface area contributed by atoms with Crippen LogP contribution in [0, 0.1) is 11.6 Å². The summed E-state index contributed by atoms with van der Waals surface area (Å²) in [4.78, 5) is 0.175. The highest BCUT2D eigenvalue weighted by molar-refractivity contribution is 7.80. The number of hydrogen-bond donors (Lipinski definition) is 2. The van der Waals surface area contributed by atoms with E-state index in [1.54, 1.807) is 18.2 Å². The monoisotopic (exact) mass is 298 g/mol. The molecular formula is C13H9ClF2N2S. The van der Waals surface area contributed by atoms with Crippen LogP contribution in [0.25, 0.3) is 0 Å². The number of benzene rings is 2. The molecule has 2 aromatic carbocycles. The quantitative estimate of drug-likeness (QED) is 0.841. The van der Waals surface area contributed by atoms with E-state index in [-0.39, 0.29) is 10.7 Å². The van der Waals surface area contributed by atoms with Crippen LogP contribution in [0.3, 0.4) is 0 Å². The minimum Gasteiger partial charge on any atom is -0.389 e. The molecule has 0 radical (unpaired) electrons. The fourth-order valence-electron chi connectivity index (χ4n) is 1.55. The van der Waals surface area contributed by atoms with E-state index in [1.807, 2.05) is 0 Å². The molecule has 0 saturated heterocycles. The van der Waals surface area contributed by atoms with Gasteiger partial charge >= 0.3 is 0 Å². The lowest BCUT2D eigenvalue weighted by Gasteiger charge is -2.10. The number of thiocarbonyl (C=S) groups is 1. The average molecular weight is 299 g/mol. The molecule has 0 fully saturated rings. The first-order valence-electron chi connectivity index (χ1n) is 5.29. The number of rotatable bonds is 3. The molecular weight excluding hydrogens is 290 g/mol. The van der Waals surface area contributed by atoms with Crippen molar-refractivity contribution in [1.29, 1.82) is 0 Å². The summed E-state index contributed by atoms with van der Waals surface area (Å²) in [5, 5.41) is 3.08. The second-order valence-corrected chi connectivity index (χ2v) is 4.63. The van der Waals surface area contributed by atoms with Crippen LogP contribution in [-0.4, -0.2) is 4.99 Å². The van der Waals surface area contributed by atoms with Crippen LogP contribution in [0.5, 0.6) is 0 Å². The van der Waals surface area contributed by atoms with Crippen molar-refractivity contribution in [2.45, 2.75) is 0 Å². The summed E-state index contributed by atoms with van der Waals surface area (Å²) in [6.45, 7) is 0. The van der Waals surface area contributed by atoms with Gasteiger partial charge in [0.25, 0.3) is 0 Å². The number of hydrogen-bond acceptors (Lipinski definition) is 2. The van der Waals surface area contributed by atoms with Crippen LogP contribution in [0.2, 0.25) is 5.02 Å². The Labute approximate surface area is 119 Å². The van der Waals surface area contributed by atoms with Crippen molar-refractivity contribution < 1.29 is 8.78 Å². The third kappa shape index (κ3) is 3.00. The molecule has 0 atom stereocenters. The van der Waals surface area contributed by atoms with Gasteiger partial charge in [0, 0.05) is 11.3 Å². The van der Waals surface area contributed by atoms with E-state index >= 15 is 0 Å². The Balaban J connectivity index is 2.32. The van der Waals surface area contributed by atoms with Gasteiger partial charge in [-0.3, -0.25) is 0 Å². The van der Waals surface area contributed by atoms with Gasteiger partial charge in [-0.05, 0) is 30.3 Å². The molecule has 6 heteroatoms. The summed E-state index contributed by atoms with van der Waals surface area (Å²) in [6.07, 6.45) is 0. The van der Waals surface area contributed by atoms with E-state index in [4.69, 9.17) is 29.6 Å². The molecule has 0 heterocycles. The Morgan fingerprint density at radius 3 is 2.58 bits per heavy atom. The lowest BCUT2D eigenvalue weighted by atomic mass is 10.2. The maximum atomic E-state index is 13.5. The standard InChI is InChI=1S/C13H9ClF2N2S/c14-9-6-7(4-5-8(9)13(17)19)18-11-3-1-2-10(15)12(11)16/h1-6,18H,(H2,17,19). The predicted octanol–water partition coefficient (Wildman–Crippen LogP) is 4.00. The highest BCUT2D eigenvalue weighted by Crippen LogP contribution is 2.25. The topological polar surface area (TPSA) is 38.0 Å². The van der Waals surface area contributed by atoms with Crippen LogP contribution in [0.1, 0.15) is 5.56 Å². The number of nitrogens with one attached hydrogen (secondary N) is 1. The van der Waals surface area contributed by atoms with E-state index in [9.17, 15) is 8.78 Å². The molecule has 0 bridgehead atoms. The van der Waals surface area contributed by atoms with Crippen molar-refractivity contribution in [3.8, 4) is 0 Å². The zero-order valence-corrected chi connectivity index (χ0v) is 11.2. The number of anilines is 2. The summed E-state index contributed by atoms with van der Waals surface area (Å²) >= 11 is 10.8. The van der Waals surface area contributed by atoms with E-state index < -0.39 is 11.6 Å². The van der Waals surface area contributed by atoms with Gasteiger partial charge in [0.2, 0.25) is 0 Å². The van der Waals surface area contributed by atoms with Crippen LogP contribution in [0.15, 0.2) is 36.4 Å². The molecule has 0 aliphatic heterocycles. The molecule has 0 amide bonds. The van der Waals surface area contributed by atoms with Crippen LogP contribution in [-0.2, 0) is 0 Å². The van der Waals surface area contributed by atoms with E-state index in [2.05, 4.69) is 5.32 Å². The molecule has 2 rings (SSSR count). The molecule has 0 unspecified atom stereocenters. The normalized spacial score (nSPS) is 10.3. The molecule has 98 valence electrons. The van der Waals surface area contributed by atoms with Crippen molar-refractivity contribution >= 4 is 40.2 Å². The molecule has 2 nitrogen and oxygen atoms in total. The second-order valence-electron chi connectivity index (χ2n) is 3.79. The largest absolute Gasteiger partial charge is 0.389 e. The van der Waals surface area contributed by atoms with Gasteiger partial charge in [-0.2, -0.15) is 0 Å². The van der Waals surface area contributed by atoms with Gasteiger partial charge in [0.1, 0.15) is 4.99 Å². The third-order valence-electron chi connectivity index (χ3n) is 2.47. The van der Waals surface area contributed by atoms with Gasteiger partial charge in [-0.15, -0.1) is 0 Å². The minimum absolute atomic E-state index is 0.0270. The smallest absolute Gasteiger partial charge is 0.182 e. The van der Waals surface area contributed by atoms with Crippen LogP contribution in [0.4, 0.5) is 20.2 Å². The number of halogens is 3. The fraction of sp³-hybridized carbons (Fsp3) is 0. The molecule has 0 saturated carbocycles. The van der Waals surface area contributed by atoms with Crippen molar-refractivity contribution in [3.05, 3.63) is 58.6 Å². The molecule has 0 spiro atoms. The first-order valence-corrected chi connectivity index (χ1v) is 6.08.